The molecule has 0 amide bonds. The SMILES string of the molecule is [2H]C(Nc1cc(Cl)c2ncc(C#N)c(N[C@@H](CCC#N)c3ccccc3)c2c1)(c1ccc(F)cc1)c1cn(C2CC2)nn1. The van der Waals surface area contributed by atoms with Crippen LogP contribution in [-0.2, 0) is 0 Å². The number of nitriles is 2. The van der Waals surface area contributed by atoms with Crippen molar-refractivity contribution in [3.8, 4) is 12.1 Å². The molecule has 0 radical (unpaired) electrons. The molecule has 2 aromatic heterocycles. The van der Waals surface area contributed by atoms with E-state index in [4.69, 9.17) is 11.6 Å². The van der Waals surface area contributed by atoms with Crippen LogP contribution in [0.1, 0.15) is 67.5 Å². The van der Waals surface area contributed by atoms with Crippen LogP contribution in [0.3, 0.4) is 0 Å². The Hall–Kier alpha value is -4.99. The van der Waals surface area contributed by atoms with Crippen molar-refractivity contribution in [1.82, 2.24) is 20.0 Å². The number of benzene rings is 3. The van der Waals surface area contributed by atoms with E-state index in [0.717, 1.165) is 18.4 Å². The monoisotopic (exact) mass is 577 g/mol. The molecule has 0 aliphatic heterocycles. The summed E-state index contributed by atoms with van der Waals surface area (Å²) < 4.78 is 25.2. The van der Waals surface area contributed by atoms with E-state index in [1.807, 2.05) is 30.3 Å². The molecule has 2 heterocycles. The van der Waals surface area contributed by atoms with Crippen molar-refractivity contribution in [2.45, 2.75) is 43.8 Å². The first kappa shape index (κ1) is 25.9. The van der Waals surface area contributed by atoms with Gasteiger partial charge in [-0.2, -0.15) is 10.5 Å². The van der Waals surface area contributed by atoms with Gasteiger partial charge in [-0.15, -0.1) is 5.10 Å². The number of nitrogens with one attached hydrogen (secondary N) is 2. The Bertz CT molecular complexity index is 1860. The summed E-state index contributed by atoms with van der Waals surface area (Å²) >= 11 is 6.76. The molecule has 1 aliphatic carbocycles. The highest BCUT2D eigenvalue weighted by atomic mass is 35.5. The molecular weight excluding hydrogens is 551 g/mol. The summed E-state index contributed by atoms with van der Waals surface area (Å²) in [5.41, 5.74) is 3.51. The van der Waals surface area contributed by atoms with E-state index in [1.54, 1.807) is 23.0 Å². The second kappa shape index (κ2) is 11.9. The number of anilines is 2. The molecule has 0 spiro atoms. The Morgan fingerprint density at radius 1 is 1.07 bits per heavy atom. The highest BCUT2D eigenvalue weighted by molar-refractivity contribution is 6.35. The van der Waals surface area contributed by atoms with Gasteiger partial charge in [-0.1, -0.05) is 59.3 Å². The largest absolute Gasteiger partial charge is 0.377 e. The molecule has 208 valence electrons. The summed E-state index contributed by atoms with van der Waals surface area (Å²) in [5, 5.41) is 35.5. The van der Waals surface area contributed by atoms with Crippen LogP contribution in [0.25, 0.3) is 10.9 Å². The zero-order chi connectivity index (χ0) is 30.0. The number of hydrogen-bond donors (Lipinski definition) is 2. The van der Waals surface area contributed by atoms with Gasteiger partial charge in [0.25, 0.3) is 0 Å². The fourth-order valence-corrected chi connectivity index (χ4v) is 5.18. The van der Waals surface area contributed by atoms with E-state index in [9.17, 15) is 16.3 Å². The summed E-state index contributed by atoms with van der Waals surface area (Å²) in [6.07, 6.45) is 6.04. The first-order valence-electron chi connectivity index (χ1n) is 14.1. The third-order valence-electron chi connectivity index (χ3n) is 7.20. The van der Waals surface area contributed by atoms with Crippen LogP contribution < -0.4 is 10.6 Å². The number of hydrogen-bond acceptors (Lipinski definition) is 7. The minimum atomic E-state index is -1.65. The number of fused-ring (bicyclic) bond motifs is 1. The van der Waals surface area contributed by atoms with E-state index >= 15 is 0 Å². The van der Waals surface area contributed by atoms with Gasteiger partial charge in [0, 0.05) is 23.7 Å². The summed E-state index contributed by atoms with van der Waals surface area (Å²) in [6, 6.07) is 21.6. The molecule has 1 fully saturated rings. The summed E-state index contributed by atoms with van der Waals surface area (Å²) in [4.78, 5) is 4.46. The Balaban J connectivity index is 1.45. The molecule has 5 aromatic rings. The molecule has 10 heteroatoms. The number of halogens is 2. The van der Waals surface area contributed by atoms with Crippen LogP contribution >= 0.6 is 11.6 Å². The minimum Gasteiger partial charge on any atom is -0.377 e. The van der Waals surface area contributed by atoms with Crippen LogP contribution in [0.4, 0.5) is 15.8 Å². The summed E-state index contributed by atoms with van der Waals surface area (Å²) in [6.45, 7) is 0. The van der Waals surface area contributed by atoms with E-state index in [1.165, 1.54) is 30.5 Å². The second-order valence-electron chi connectivity index (χ2n) is 10.1. The molecule has 2 atom stereocenters. The predicted octanol–water partition coefficient (Wildman–Crippen LogP) is 7.48. The third-order valence-corrected chi connectivity index (χ3v) is 7.49. The van der Waals surface area contributed by atoms with Crippen molar-refractivity contribution < 1.29 is 5.76 Å². The Morgan fingerprint density at radius 2 is 1.86 bits per heavy atom. The quantitative estimate of drug-likeness (QED) is 0.177. The van der Waals surface area contributed by atoms with Gasteiger partial charge in [0.2, 0.25) is 0 Å². The highest BCUT2D eigenvalue weighted by Crippen LogP contribution is 2.38. The third kappa shape index (κ3) is 5.74. The van der Waals surface area contributed by atoms with Crippen LogP contribution in [0.2, 0.25) is 5.02 Å². The zero-order valence-corrected chi connectivity index (χ0v) is 23.2. The molecule has 6 rings (SSSR count). The molecule has 2 N–H and O–H groups in total. The second-order valence-corrected chi connectivity index (χ2v) is 10.5. The van der Waals surface area contributed by atoms with Crippen molar-refractivity contribution in [3.05, 3.63) is 112 Å². The van der Waals surface area contributed by atoms with E-state index in [-0.39, 0.29) is 12.1 Å². The molecule has 0 saturated heterocycles. The van der Waals surface area contributed by atoms with Crippen molar-refractivity contribution in [2.75, 3.05) is 10.6 Å². The van der Waals surface area contributed by atoms with Gasteiger partial charge < -0.3 is 10.6 Å². The molecular formula is C32H26ClFN8. The van der Waals surface area contributed by atoms with Gasteiger partial charge in [-0.05, 0) is 54.7 Å². The number of pyridine rings is 1. The smallest absolute Gasteiger partial charge is 0.123 e. The van der Waals surface area contributed by atoms with Crippen molar-refractivity contribution in [3.63, 3.8) is 0 Å². The standard InChI is InChI=1S/C32H26ClFN8/c33-27-16-24(38-31(21-8-10-23(34)11-9-21)29-19-42(41-40-29)25-12-13-25)15-26-30(22(17-36)18-37-32(26)27)39-28(7-4-14-35)20-5-2-1-3-6-20/h1-3,5-6,8-11,15-16,18-19,25,28,31,38H,4,7,12-13H2,(H,37,39)/t28-,31?/m0/s1/i31D. The Morgan fingerprint density at radius 3 is 2.57 bits per heavy atom. The van der Waals surface area contributed by atoms with Crippen LogP contribution in [0.15, 0.2) is 79.1 Å². The lowest BCUT2D eigenvalue weighted by atomic mass is 10.00. The first-order valence-corrected chi connectivity index (χ1v) is 13.9. The number of rotatable bonds is 10. The van der Waals surface area contributed by atoms with Crippen LogP contribution in [0.5, 0.6) is 0 Å². The zero-order valence-electron chi connectivity index (χ0n) is 23.4. The van der Waals surface area contributed by atoms with Gasteiger partial charge in [0.1, 0.15) is 17.6 Å². The van der Waals surface area contributed by atoms with Crippen molar-refractivity contribution in [2.24, 2.45) is 0 Å². The first-order chi connectivity index (χ1) is 20.9. The average Bonchev–Trinajstić information content (AvgIpc) is 3.75. The summed E-state index contributed by atoms with van der Waals surface area (Å²) in [5.74, 6) is -0.420. The minimum absolute atomic E-state index is 0.261. The lowest BCUT2D eigenvalue weighted by Crippen LogP contribution is -2.14. The van der Waals surface area contributed by atoms with E-state index < -0.39 is 11.8 Å². The van der Waals surface area contributed by atoms with Gasteiger partial charge in [-0.3, -0.25) is 4.98 Å². The van der Waals surface area contributed by atoms with Crippen LogP contribution in [-0.4, -0.2) is 20.0 Å². The lowest BCUT2D eigenvalue weighted by molar-refractivity contribution is 0.610. The molecule has 3 aromatic carbocycles. The Labute approximate surface area is 248 Å². The normalized spacial score (nSPS) is 15.2. The molecule has 0 bridgehead atoms. The number of aromatic nitrogens is 4. The predicted molar refractivity (Wildman–Crippen MR) is 159 cm³/mol. The maximum absolute atomic E-state index is 13.9. The average molecular weight is 578 g/mol. The van der Waals surface area contributed by atoms with Crippen molar-refractivity contribution in [1.29, 1.82) is 10.5 Å². The van der Waals surface area contributed by atoms with Gasteiger partial charge in [-0.25, -0.2) is 9.07 Å². The van der Waals surface area contributed by atoms with Crippen molar-refractivity contribution >= 4 is 33.9 Å². The van der Waals surface area contributed by atoms with Gasteiger partial charge in [0.15, 0.2) is 0 Å². The molecule has 8 nitrogen and oxygen atoms in total. The molecule has 42 heavy (non-hydrogen) atoms. The topological polar surface area (TPSA) is 115 Å². The van der Waals surface area contributed by atoms with Gasteiger partial charge >= 0.3 is 0 Å². The highest BCUT2D eigenvalue weighted by Gasteiger charge is 2.27. The number of nitrogens with zero attached hydrogens (tertiary/aromatic N) is 6. The van der Waals surface area contributed by atoms with E-state index in [0.29, 0.717) is 57.0 Å². The molecule has 1 saturated carbocycles. The lowest BCUT2D eigenvalue weighted by Gasteiger charge is -2.23. The Kier molecular flexibility index (Phi) is 7.32. The maximum Gasteiger partial charge on any atom is 0.123 e. The van der Waals surface area contributed by atoms with E-state index in [2.05, 4.69) is 38.1 Å². The van der Waals surface area contributed by atoms with Crippen LogP contribution in [0, 0.1) is 28.5 Å². The van der Waals surface area contributed by atoms with Gasteiger partial charge in [0.05, 0.1) is 53.5 Å². The fourth-order valence-electron chi connectivity index (χ4n) is 4.92. The maximum atomic E-state index is 13.9. The fraction of sp³-hybridized carbons (Fsp3) is 0.219. The summed E-state index contributed by atoms with van der Waals surface area (Å²) in [7, 11) is 0. The molecule has 1 unspecified atom stereocenters. The molecule has 1 aliphatic rings.